The summed E-state index contributed by atoms with van der Waals surface area (Å²) in [4.78, 5) is 33.4. The summed E-state index contributed by atoms with van der Waals surface area (Å²) in [5, 5.41) is 4.15. The zero-order chi connectivity index (χ0) is 19.3. The topological polar surface area (TPSA) is 71.1 Å². The third-order valence-electron chi connectivity index (χ3n) is 5.66. The van der Waals surface area contributed by atoms with Crippen LogP contribution in [0.3, 0.4) is 0 Å². The molecule has 2 aliphatic rings. The van der Waals surface area contributed by atoms with Crippen molar-refractivity contribution in [2.24, 2.45) is 5.41 Å². The van der Waals surface area contributed by atoms with E-state index in [0.717, 1.165) is 25.7 Å². The molecule has 1 aliphatic carbocycles. The van der Waals surface area contributed by atoms with Gasteiger partial charge in [-0.25, -0.2) is 10.3 Å². The molecular formula is C19H29N3O4S. The second kappa shape index (κ2) is 9.03. The Morgan fingerprint density at radius 1 is 1.37 bits per heavy atom. The van der Waals surface area contributed by atoms with Crippen LogP contribution < -0.4 is 5.48 Å². The first-order valence-corrected chi connectivity index (χ1v) is 10.4. The van der Waals surface area contributed by atoms with Gasteiger partial charge in [0.15, 0.2) is 0 Å². The number of carbonyl (C=O) groups is 2. The predicted octanol–water partition coefficient (Wildman–Crippen LogP) is 2.63. The van der Waals surface area contributed by atoms with Crippen molar-refractivity contribution in [3.05, 3.63) is 22.4 Å². The third-order valence-corrected chi connectivity index (χ3v) is 6.39. The van der Waals surface area contributed by atoms with Crippen LogP contribution in [0.4, 0.5) is 4.79 Å². The summed E-state index contributed by atoms with van der Waals surface area (Å²) in [5.74, 6) is 0.132. The molecule has 1 aliphatic heterocycles. The smallest absolute Gasteiger partial charge is 0.341 e. The van der Waals surface area contributed by atoms with Gasteiger partial charge in [-0.15, -0.1) is 0 Å². The summed E-state index contributed by atoms with van der Waals surface area (Å²) in [5.41, 5.74) is 3.88. The Balaban J connectivity index is 1.44. The number of amides is 3. The zero-order valence-electron chi connectivity index (χ0n) is 16.1. The maximum Gasteiger partial charge on any atom is 0.341 e. The Bertz CT molecular complexity index is 629. The van der Waals surface area contributed by atoms with E-state index >= 15 is 0 Å². The van der Waals surface area contributed by atoms with Crippen molar-refractivity contribution < 1.29 is 19.2 Å². The Morgan fingerprint density at radius 3 is 2.78 bits per heavy atom. The van der Waals surface area contributed by atoms with Gasteiger partial charge in [-0.1, -0.05) is 0 Å². The Hall–Kier alpha value is -1.64. The fraction of sp³-hybridized carbons (Fsp3) is 0.684. The van der Waals surface area contributed by atoms with Crippen LogP contribution in [0.5, 0.6) is 0 Å². The molecule has 0 bridgehead atoms. The molecule has 2 fully saturated rings. The molecule has 1 aromatic heterocycles. The van der Waals surface area contributed by atoms with Crippen LogP contribution in [0.2, 0.25) is 0 Å². The number of ether oxygens (including phenoxy) is 1. The molecule has 7 nitrogen and oxygen atoms in total. The highest BCUT2D eigenvalue weighted by Crippen LogP contribution is 2.57. The molecule has 8 heteroatoms. The van der Waals surface area contributed by atoms with Gasteiger partial charge in [0, 0.05) is 46.3 Å². The molecule has 27 heavy (non-hydrogen) atoms. The molecule has 150 valence electrons. The number of hydrogen-bond donors (Lipinski definition) is 1. The highest BCUT2D eigenvalue weighted by atomic mass is 32.1. The molecule has 1 spiro atoms. The largest absolute Gasteiger partial charge is 0.385 e. The van der Waals surface area contributed by atoms with Crippen LogP contribution in [0.15, 0.2) is 16.8 Å². The first kappa shape index (κ1) is 20.1. The van der Waals surface area contributed by atoms with Gasteiger partial charge in [-0.2, -0.15) is 11.3 Å². The monoisotopic (exact) mass is 395 g/mol. The number of piperidine rings is 1. The number of nitrogens with one attached hydrogen (secondary N) is 1. The summed E-state index contributed by atoms with van der Waals surface area (Å²) >= 11 is 1.66. The SMILES string of the molecule is COCCCONC(=O)N1CCC2(CC1)CC2N(Cc1ccsc1)C(C)=O. The Labute approximate surface area is 164 Å². The van der Waals surface area contributed by atoms with E-state index in [1.54, 1.807) is 30.3 Å². The van der Waals surface area contributed by atoms with Gasteiger partial charge in [0.25, 0.3) is 0 Å². The Morgan fingerprint density at radius 2 is 2.15 bits per heavy atom. The van der Waals surface area contributed by atoms with E-state index < -0.39 is 0 Å². The number of carbonyl (C=O) groups excluding carboxylic acids is 2. The maximum absolute atomic E-state index is 12.2. The highest BCUT2D eigenvalue weighted by Gasteiger charge is 2.58. The number of urea groups is 1. The van der Waals surface area contributed by atoms with Crippen molar-refractivity contribution in [2.45, 2.75) is 45.2 Å². The van der Waals surface area contributed by atoms with Gasteiger partial charge < -0.3 is 14.5 Å². The van der Waals surface area contributed by atoms with Crippen molar-refractivity contribution in [3.8, 4) is 0 Å². The average molecular weight is 396 g/mol. The number of hydrogen-bond acceptors (Lipinski definition) is 5. The molecule has 1 N–H and O–H groups in total. The summed E-state index contributed by atoms with van der Waals surface area (Å²) in [6.07, 6.45) is 3.65. The molecule has 0 aromatic carbocycles. The normalized spacial score (nSPS) is 20.5. The van der Waals surface area contributed by atoms with E-state index in [1.165, 1.54) is 5.56 Å². The van der Waals surface area contributed by atoms with Crippen molar-refractivity contribution >= 4 is 23.3 Å². The summed E-state index contributed by atoms with van der Waals surface area (Å²) in [6.45, 7) is 4.80. The number of hydroxylamine groups is 1. The van der Waals surface area contributed by atoms with Gasteiger partial charge in [0.1, 0.15) is 0 Å². The summed E-state index contributed by atoms with van der Waals surface area (Å²) in [6, 6.07) is 2.20. The minimum atomic E-state index is -0.179. The molecule has 1 saturated heterocycles. The number of methoxy groups -OCH3 is 1. The minimum Gasteiger partial charge on any atom is -0.385 e. The zero-order valence-corrected chi connectivity index (χ0v) is 16.9. The van der Waals surface area contributed by atoms with Crippen molar-refractivity contribution in [1.82, 2.24) is 15.3 Å². The fourth-order valence-electron chi connectivity index (χ4n) is 3.93. The maximum atomic E-state index is 12.2. The van der Waals surface area contributed by atoms with Gasteiger partial charge >= 0.3 is 6.03 Å². The lowest BCUT2D eigenvalue weighted by Gasteiger charge is -2.34. The molecule has 1 aromatic rings. The molecule has 1 atom stereocenters. The second-order valence-corrected chi connectivity index (χ2v) is 8.23. The molecule has 3 rings (SSSR count). The van der Waals surface area contributed by atoms with Crippen LogP contribution in [0.1, 0.15) is 38.2 Å². The Kier molecular flexibility index (Phi) is 6.73. The second-order valence-electron chi connectivity index (χ2n) is 7.45. The number of rotatable bonds is 8. The summed E-state index contributed by atoms with van der Waals surface area (Å²) < 4.78 is 4.94. The molecule has 1 saturated carbocycles. The van der Waals surface area contributed by atoms with Gasteiger partial charge in [0.2, 0.25) is 5.91 Å². The number of thiophene rings is 1. The van der Waals surface area contributed by atoms with Crippen molar-refractivity contribution in [3.63, 3.8) is 0 Å². The molecular weight excluding hydrogens is 366 g/mol. The number of nitrogens with zero attached hydrogens (tertiary/aromatic N) is 2. The van der Waals surface area contributed by atoms with Gasteiger partial charge in [-0.05, 0) is 53.5 Å². The van der Waals surface area contributed by atoms with Crippen LogP contribution in [0, 0.1) is 5.41 Å². The quantitative estimate of drug-likeness (QED) is 0.543. The molecule has 0 radical (unpaired) electrons. The van der Waals surface area contributed by atoms with Crippen LogP contribution >= 0.6 is 11.3 Å². The van der Waals surface area contributed by atoms with Crippen molar-refractivity contribution in [2.75, 3.05) is 33.4 Å². The highest BCUT2D eigenvalue weighted by molar-refractivity contribution is 7.07. The lowest BCUT2D eigenvalue weighted by atomic mass is 9.92. The van der Waals surface area contributed by atoms with Crippen LogP contribution in [0.25, 0.3) is 0 Å². The third kappa shape index (κ3) is 5.00. The average Bonchev–Trinajstić information content (AvgIpc) is 3.09. The van der Waals surface area contributed by atoms with Crippen LogP contribution in [-0.4, -0.2) is 61.2 Å². The molecule has 1 unspecified atom stereocenters. The first-order chi connectivity index (χ1) is 13.1. The molecule has 3 amide bonds. The lowest BCUT2D eigenvalue weighted by Crippen LogP contribution is -2.46. The van der Waals surface area contributed by atoms with E-state index in [0.29, 0.717) is 38.9 Å². The van der Waals surface area contributed by atoms with E-state index in [2.05, 4.69) is 16.9 Å². The van der Waals surface area contributed by atoms with E-state index in [9.17, 15) is 9.59 Å². The van der Waals surface area contributed by atoms with Crippen LogP contribution in [-0.2, 0) is 20.9 Å². The first-order valence-electron chi connectivity index (χ1n) is 9.50. The molecule has 2 heterocycles. The lowest BCUT2D eigenvalue weighted by molar-refractivity contribution is -0.130. The van der Waals surface area contributed by atoms with Gasteiger partial charge in [-0.3, -0.25) is 9.63 Å². The fourth-order valence-corrected chi connectivity index (χ4v) is 4.59. The standard InChI is InChI=1S/C19H29N3O4S/c1-15(23)22(13-16-4-11-27-14-16)17-12-19(17)5-7-21(8-6-19)18(24)20-26-10-3-9-25-2/h4,11,14,17H,3,5-10,12-13H2,1-2H3,(H,20,24). The number of likely N-dealkylation sites (tertiary alicyclic amines) is 1. The predicted molar refractivity (Wildman–Crippen MR) is 103 cm³/mol. The van der Waals surface area contributed by atoms with Gasteiger partial charge in [0.05, 0.1) is 6.61 Å². The van der Waals surface area contributed by atoms with Crippen molar-refractivity contribution in [1.29, 1.82) is 0 Å². The van der Waals surface area contributed by atoms with E-state index in [4.69, 9.17) is 9.57 Å². The van der Waals surface area contributed by atoms with E-state index in [1.807, 2.05) is 10.3 Å². The summed E-state index contributed by atoms with van der Waals surface area (Å²) in [7, 11) is 1.64. The minimum absolute atomic E-state index is 0.132. The van der Waals surface area contributed by atoms with E-state index in [-0.39, 0.29) is 17.4 Å².